The molecule has 3 N–H and O–H groups in total. The SMILES string of the molecule is O=S([O-])NC1CCC(O)(CNCl)CC1. The van der Waals surface area contributed by atoms with Gasteiger partial charge in [-0.3, -0.25) is 4.21 Å². The lowest BCUT2D eigenvalue weighted by molar-refractivity contribution is 0.00381. The Morgan fingerprint density at radius 2 is 2.14 bits per heavy atom. The van der Waals surface area contributed by atoms with E-state index in [0.29, 0.717) is 32.2 Å². The molecule has 0 amide bonds. The largest absolute Gasteiger partial charge is 0.760 e. The third-order valence-corrected chi connectivity index (χ3v) is 3.23. The van der Waals surface area contributed by atoms with Gasteiger partial charge in [0.25, 0.3) is 0 Å². The van der Waals surface area contributed by atoms with Gasteiger partial charge in [-0.1, -0.05) is 0 Å². The summed E-state index contributed by atoms with van der Waals surface area (Å²) in [6.45, 7) is 0.335. The minimum Gasteiger partial charge on any atom is -0.760 e. The molecule has 0 aromatic rings. The fourth-order valence-electron chi connectivity index (χ4n) is 1.71. The second kappa shape index (κ2) is 5.39. The summed E-state index contributed by atoms with van der Waals surface area (Å²) in [6, 6.07) is -0.0519. The molecular formula is C7H14ClN2O3S-. The zero-order valence-electron chi connectivity index (χ0n) is 7.66. The smallest absolute Gasteiger partial charge is 0.0785 e. The van der Waals surface area contributed by atoms with Crippen molar-refractivity contribution in [2.45, 2.75) is 37.3 Å². The van der Waals surface area contributed by atoms with Crippen molar-refractivity contribution in [3.63, 3.8) is 0 Å². The predicted molar refractivity (Wildman–Crippen MR) is 53.1 cm³/mol. The van der Waals surface area contributed by atoms with Crippen molar-refractivity contribution >= 4 is 23.0 Å². The van der Waals surface area contributed by atoms with E-state index in [1.807, 2.05) is 0 Å². The van der Waals surface area contributed by atoms with Gasteiger partial charge < -0.3 is 9.66 Å². The van der Waals surface area contributed by atoms with Gasteiger partial charge in [0.05, 0.1) is 5.60 Å². The monoisotopic (exact) mass is 241 g/mol. The van der Waals surface area contributed by atoms with Crippen LogP contribution in [0.25, 0.3) is 0 Å². The number of hydrogen-bond donors (Lipinski definition) is 3. The molecule has 14 heavy (non-hydrogen) atoms. The third-order valence-electron chi connectivity index (χ3n) is 2.58. The minimum absolute atomic E-state index is 0.0519. The number of rotatable bonds is 4. The van der Waals surface area contributed by atoms with Crippen LogP contribution in [0.2, 0.25) is 0 Å². The van der Waals surface area contributed by atoms with Gasteiger partial charge in [0.2, 0.25) is 0 Å². The molecule has 0 bridgehead atoms. The first-order valence-corrected chi connectivity index (χ1v) is 5.92. The van der Waals surface area contributed by atoms with Crippen LogP contribution >= 0.6 is 11.8 Å². The summed E-state index contributed by atoms with van der Waals surface area (Å²) in [6.07, 6.45) is 2.40. The molecule has 1 unspecified atom stereocenters. The molecule has 1 atom stereocenters. The zero-order chi connectivity index (χ0) is 10.6. The highest BCUT2D eigenvalue weighted by molar-refractivity contribution is 7.77. The summed E-state index contributed by atoms with van der Waals surface area (Å²) in [7, 11) is 0. The summed E-state index contributed by atoms with van der Waals surface area (Å²) in [5.74, 6) is 0. The summed E-state index contributed by atoms with van der Waals surface area (Å²) in [5, 5.41) is 9.89. The van der Waals surface area contributed by atoms with Crippen LogP contribution in [0.1, 0.15) is 25.7 Å². The number of nitrogens with one attached hydrogen (secondary N) is 2. The number of hydrogen-bond acceptors (Lipinski definition) is 4. The maximum absolute atomic E-state index is 10.3. The molecule has 84 valence electrons. The Morgan fingerprint density at radius 1 is 1.57 bits per heavy atom. The molecule has 7 heteroatoms. The molecule has 1 saturated carbocycles. The molecule has 0 spiro atoms. The maximum Gasteiger partial charge on any atom is 0.0785 e. The lowest BCUT2D eigenvalue weighted by atomic mass is 9.83. The molecule has 0 radical (unpaired) electrons. The van der Waals surface area contributed by atoms with Gasteiger partial charge in [-0.15, -0.1) is 0 Å². The van der Waals surface area contributed by atoms with E-state index in [2.05, 4.69) is 9.56 Å². The van der Waals surface area contributed by atoms with Gasteiger partial charge >= 0.3 is 0 Å². The van der Waals surface area contributed by atoms with E-state index < -0.39 is 16.9 Å². The van der Waals surface area contributed by atoms with E-state index in [4.69, 9.17) is 11.8 Å². The van der Waals surface area contributed by atoms with E-state index in [-0.39, 0.29) is 6.04 Å². The quantitative estimate of drug-likeness (QED) is 0.470. The van der Waals surface area contributed by atoms with Gasteiger partial charge in [0, 0.05) is 23.9 Å². The molecule has 0 heterocycles. The Kier molecular flexibility index (Phi) is 4.75. The summed E-state index contributed by atoms with van der Waals surface area (Å²) in [4.78, 5) is 2.41. The van der Waals surface area contributed by atoms with Crippen molar-refractivity contribution in [2.75, 3.05) is 6.54 Å². The highest BCUT2D eigenvalue weighted by Gasteiger charge is 2.32. The highest BCUT2D eigenvalue weighted by Crippen LogP contribution is 2.27. The molecular weight excluding hydrogens is 228 g/mol. The first-order valence-electron chi connectivity index (χ1n) is 4.47. The lowest BCUT2D eigenvalue weighted by Gasteiger charge is -2.36. The normalized spacial score (nSPS) is 35.5. The summed E-state index contributed by atoms with van der Waals surface area (Å²) < 4.78 is 23.1. The van der Waals surface area contributed by atoms with Crippen molar-refractivity contribution < 1.29 is 13.9 Å². The lowest BCUT2D eigenvalue weighted by Crippen LogP contribution is -2.45. The molecule has 1 aliphatic carbocycles. The van der Waals surface area contributed by atoms with Gasteiger partial charge in [0.1, 0.15) is 0 Å². The molecule has 1 fully saturated rings. The van der Waals surface area contributed by atoms with Crippen LogP contribution in [0.3, 0.4) is 0 Å². The molecule has 0 aliphatic heterocycles. The number of halogens is 1. The van der Waals surface area contributed by atoms with Crippen molar-refractivity contribution in [3.8, 4) is 0 Å². The molecule has 0 aromatic heterocycles. The zero-order valence-corrected chi connectivity index (χ0v) is 9.24. The van der Waals surface area contributed by atoms with E-state index >= 15 is 0 Å². The van der Waals surface area contributed by atoms with Crippen molar-refractivity contribution in [3.05, 3.63) is 0 Å². The predicted octanol–water partition coefficient (Wildman–Crippen LogP) is -0.213. The highest BCUT2D eigenvalue weighted by atomic mass is 35.5. The van der Waals surface area contributed by atoms with Gasteiger partial charge in [0.15, 0.2) is 0 Å². The first-order chi connectivity index (χ1) is 6.56. The van der Waals surface area contributed by atoms with Gasteiger partial charge in [-0.25, -0.2) is 9.56 Å². The van der Waals surface area contributed by atoms with Crippen LogP contribution in [0.15, 0.2) is 0 Å². The molecule has 1 aliphatic rings. The Bertz CT molecular complexity index is 209. The van der Waals surface area contributed by atoms with Crippen LogP contribution in [-0.4, -0.2) is 32.1 Å². The maximum atomic E-state index is 10.3. The van der Waals surface area contributed by atoms with E-state index in [1.165, 1.54) is 0 Å². The summed E-state index contributed by atoms with van der Waals surface area (Å²) in [5.41, 5.74) is -0.787. The van der Waals surface area contributed by atoms with Crippen molar-refractivity contribution in [1.29, 1.82) is 0 Å². The second-order valence-corrected chi connectivity index (χ2v) is 4.63. The first kappa shape index (κ1) is 12.4. The Balaban J connectivity index is 2.33. The van der Waals surface area contributed by atoms with E-state index in [9.17, 15) is 13.9 Å². The molecule has 1 rings (SSSR count). The average molecular weight is 242 g/mol. The number of aliphatic hydroxyl groups is 1. The van der Waals surface area contributed by atoms with Gasteiger partial charge in [-0.05, 0) is 37.5 Å². The third kappa shape index (κ3) is 3.80. The fourth-order valence-corrected chi connectivity index (χ4v) is 2.47. The Morgan fingerprint density at radius 3 is 2.57 bits per heavy atom. The average Bonchev–Trinajstić information content (AvgIpc) is 2.09. The van der Waals surface area contributed by atoms with Gasteiger partial charge in [-0.2, -0.15) is 0 Å². The topological polar surface area (TPSA) is 84.4 Å². The fraction of sp³-hybridized carbons (Fsp3) is 1.00. The van der Waals surface area contributed by atoms with Crippen LogP contribution < -0.4 is 9.56 Å². The van der Waals surface area contributed by atoms with Crippen molar-refractivity contribution in [2.24, 2.45) is 0 Å². The Labute approximate surface area is 90.7 Å². The minimum atomic E-state index is -2.21. The Hall–Kier alpha value is 0.280. The van der Waals surface area contributed by atoms with Crippen LogP contribution in [0.5, 0.6) is 0 Å². The standard InChI is InChI=1S/C7H15ClN2O3S/c8-9-5-7(11)3-1-6(2-4-7)10-14(12)13/h6,9-11H,1-5H2,(H,12,13)/p-1. The second-order valence-electron chi connectivity index (χ2n) is 3.66. The van der Waals surface area contributed by atoms with Crippen LogP contribution in [0.4, 0.5) is 0 Å². The molecule has 5 nitrogen and oxygen atoms in total. The van der Waals surface area contributed by atoms with E-state index in [1.54, 1.807) is 0 Å². The van der Waals surface area contributed by atoms with Crippen LogP contribution in [-0.2, 0) is 11.3 Å². The van der Waals surface area contributed by atoms with E-state index in [0.717, 1.165) is 0 Å². The van der Waals surface area contributed by atoms with Crippen molar-refractivity contribution in [1.82, 2.24) is 9.56 Å². The molecule has 0 aromatic carbocycles. The molecule has 0 saturated heterocycles. The summed E-state index contributed by atoms with van der Waals surface area (Å²) >= 11 is 3.11. The van der Waals surface area contributed by atoms with Crippen LogP contribution in [0, 0.1) is 0 Å².